The zero-order valence-electron chi connectivity index (χ0n) is 23.2. The van der Waals surface area contributed by atoms with Crippen molar-refractivity contribution in [2.45, 2.75) is 9.79 Å². The van der Waals surface area contributed by atoms with Gasteiger partial charge in [-0.3, -0.25) is 19.9 Å². The van der Waals surface area contributed by atoms with Gasteiger partial charge in [0.25, 0.3) is 0 Å². The third-order valence-electron chi connectivity index (χ3n) is 6.18. The van der Waals surface area contributed by atoms with E-state index in [2.05, 4.69) is 68.5 Å². The second-order valence-corrected chi connectivity index (χ2v) is 10.0. The Morgan fingerprint density at radius 1 is 0.295 bits per heavy atom. The summed E-state index contributed by atoms with van der Waals surface area (Å²) in [6.07, 6.45) is 7.21. The summed E-state index contributed by atoms with van der Waals surface area (Å²) in [6, 6.07) is 43.5. The second-order valence-electron chi connectivity index (χ2n) is 9.06. The molecule has 0 aliphatic carbocycles. The Morgan fingerprint density at radius 3 is 0.750 bits per heavy atom. The van der Waals surface area contributed by atoms with Crippen LogP contribution < -0.4 is 0 Å². The largest absolute Gasteiger partial charge is 1.00 e. The van der Waals surface area contributed by atoms with Crippen LogP contribution in [0.2, 0.25) is 0 Å². The predicted octanol–water partition coefficient (Wildman–Crippen LogP) is 8.75. The van der Waals surface area contributed by atoms with Crippen molar-refractivity contribution in [3.8, 4) is 0 Å². The summed E-state index contributed by atoms with van der Waals surface area (Å²) < 4.78 is 0. The molecule has 0 aliphatic heterocycles. The predicted molar refractivity (Wildman–Crippen MR) is 178 cm³/mol. The van der Waals surface area contributed by atoms with Crippen molar-refractivity contribution in [2.24, 2.45) is 0 Å². The number of fused-ring (bicyclic) bond motifs is 6. The third kappa shape index (κ3) is 9.50. The maximum atomic E-state index is 4.81. The van der Waals surface area contributed by atoms with Crippen LogP contribution in [-0.2, 0) is 59.4 Å². The van der Waals surface area contributed by atoms with Gasteiger partial charge in [-0.2, -0.15) is 9.79 Å². The summed E-state index contributed by atoms with van der Waals surface area (Å²) in [7, 11) is 0. The fourth-order valence-corrected chi connectivity index (χ4v) is 4.51. The minimum absolute atomic E-state index is 0. The van der Waals surface area contributed by atoms with Gasteiger partial charge >= 0.3 is 34.1 Å². The molecule has 0 N–H and O–H groups in total. The molecule has 0 saturated carbocycles. The summed E-state index contributed by atoms with van der Waals surface area (Å²) >= 11 is 9.62. The maximum absolute atomic E-state index is 4.81. The molecule has 4 heterocycles. The van der Waals surface area contributed by atoms with Crippen molar-refractivity contribution in [2.75, 3.05) is 0 Å². The SMILES string of the molecule is [Cu+].[Cu+].[S-]c1ccccc1.[S-]c1ccccc1.c1cnc2c(c1)ccc1cccnc12.c1cnc2c(c1)ccc1cccnc12. The molecule has 0 amide bonds. The van der Waals surface area contributed by atoms with Gasteiger partial charge < -0.3 is 25.3 Å². The van der Waals surface area contributed by atoms with E-state index in [1.54, 1.807) is 24.8 Å². The van der Waals surface area contributed by atoms with Gasteiger partial charge in [0.15, 0.2) is 0 Å². The second kappa shape index (κ2) is 18.0. The molecule has 44 heavy (non-hydrogen) atoms. The number of rotatable bonds is 0. The van der Waals surface area contributed by atoms with Crippen LogP contribution in [0, 0.1) is 0 Å². The normalized spacial score (nSPS) is 9.64. The molecule has 4 aromatic heterocycles. The molecule has 0 aliphatic rings. The van der Waals surface area contributed by atoms with Crippen LogP contribution in [0.25, 0.3) is 43.6 Å². The monoisotopic (exact) mass is 704 g/mol. The van der Waals surface area contributed by atoms with Crippen LogP contribution in [-0.4, -0.2) is 19.9 Å². The first-order valence-electron chi connectivity index (χ1n) is 13.3. The van der Waals surface area contributed by atoms with Gasteiger partial charge in [-0.15, -0.1) is 0 Å². The molecule has 0 bridgehead atoms. The molecule has 0 unspecified atom stereocenters. The fraction of sp³-hybridized carbons (Fsp3) is 0. The van der Waals surface area contributed by atoms with Gasteiger partial charge in [-0.25, -0.2) is 0 Å². The van der Waals surface area contributed by atoms with Gasteiger partial charge in [-0.05, 0) is 24.3 Å². The van der Waals surface area contributed by atoms with Crippen molar-refractivity contribution >= 4 is 68.9 Å². The summed E-state index contributed by atoms with van der Waals surface area (Å²) in [6.45, 7) is 0. The summed E-state index contributed by atoms with van der Waals surface area (Å²) in [5.74, 6) is 0. The molecular formula is C36H26Cu2N4S2. The Hall–Kier alpha value is -4.00. The number of nitrogens with zero attached hydrogens (tertiary/aromatic N) is 4. The zero-order chi connectivity index (χ0) is 29.0. The molecular weight excluding hydrogens is 680 g/mol. The smallest absolute Gasteiger partial charge is 0.780 e. The minimum Gasteiger partial charge on any atom is -0.780 e. The van der Waals surface area contributed by atoms with Gasteiger partial charge in [0, 0.05) is 46.3 Å². The summed E-state index contributed by atoms with van der Waals surface area (Å²) in [5.41, 5.74) is 3.91. The molecule has 8 heteroatoms. The zero-order valence-corrected chi connectivity index (χ0v) is 26.7. The summed E-state index contributed by atoms with van der Waals surface area (Å²) in [4.78, 5) is 19.2. The molecule has 0 saturated heterocycles. The van der Waals surface area contributed by atoms with E-state index >= 15 is 0 Å². The van der Waals surface area contributed by atoms with E-state index in [0.717, 1.165) is 53.4 Å². The van der Waals surface area contributed by atoms with Crippen LogP contribution in [0.3, 0.4) is 0 Å². The van der Waals surface area contributed by atoms with E-state index in [4.69, 9.17) is 25.3 Å². The number of pyridine rings is 4. The van der Waals surface area contributed by atoms with E-state index in [1.165, 1.54) is 0 Å². The standard InChI is InChI=1S/2C12H8N2.2C6H6S.2Cu/c2*1-3-9-5-6-10-4-2-8-14-12(10)11(9)13-7-1;2*7-6-4-2-1-3-5-6;;/h2*1-8H;2*1-5,7H;;/q;;;;2*+1/p-2. The van der Waals surface area contributed by atoms with Crippen LogP contribution in [0.1, 0.15) is 0 Å². The Bertz CT molecular complexity index is 1770. The van der Waals surface area contributed by atoms with Crippen LogP contribution in [0.15, 0.2) is 168 Å². The first kappa shape index (κ1) is 34.5. The van der Waals surface area contributed by atoms with Crippen molar-refractivity contribution in [1.82, 2.24) is 19.9 Å². The molecule has 8 rings (SSSR count). The Labute approximate surface area is 289 Å². The van der Waals surface area contributed by atoms with E-state index in [1.807, 2.05) is 84.9 Å². The van der Waals surface area contributed by atoms with Crippen LogP contribution in [0.5, 0.6) is 0 Å². The third-order valence-corrected chi connectivity index (χ3v) is 6.72. The van der Waals surface area contributed by atoms with E-state index < -0.39 is 0 Å². The van der Waals surface area contributed by atoms with Crippen molar-refractivity contribution in [1.29, 1.82) is 0 Å². The molecule has 4 aromatic carbocycles. The maximum Gasteiger partial charge on any atom is 1.00 e. The van der Waals surface area contributed by atoms with E-state index in [-0.39, 0.29) is 34.1 Å². The van der Waals surface area contributed by atoms with Gasteiger partial charge in [0.05, 0.1) is 22.1 Å². The van der Waals surface area contributed by atoms with Crippen molar-refractivity contribution in [3.05, 3.63) is 158 Å². The fourth-order valence-electron chi connectivity index (χ4n) is 4.20. The van der Waals surface area contributed by atoms with Crippen molar-refractivity contribution in [3.63, 3.8) is 0 Å². The van der Waals surface area contributed by atoms with Crippen molar-refractivity contribution < 1.29 is 34.1 Å². The average molecular weight is 706 g/mol. The molecule has 0 radical (unpaired) electrons. The van der Waals surface area contributed by atoms with Crippen LogP contribution >= 0.6 is 0 Å². The Balaban J connectivity index is 0.000000166. The minimum atomic E-state index is 0. The number of hydrogen-bond donors (Lipinski definition) is 0. The first-order chi connectivity index (χ1) is 20.7. The van der Waals surface area contributed by atoms with E-state index in [0.29, 0.717) is 0 Å². The van der Waals surface area contributed by atoms with Gasteiger partial charge in [-0.1, -0.05) is 109 Å². The number of aromatic nitrogens is 4. The van der Waals surface area contributed by atoms with Gasteiger partial charge in [0.1, 0.15) is 0 Å². The quantitative estimate of drug-likeness (QED) is 0.0894. The summed E-state index contributed by atoms with van der Waals surface area (Å²) in [5, 5.41) is 4.55. The van der Waals surface area contributed by atoms with Crippen LogP contribution in [0.4, 0.5) is 0 Å². The molecule has 4 nitrogen and oxygen atoms in total. The topological polar surface area (TPSA) is 51.6 Å². The Kier molecular flexibility index (Phi) is 14.1. The average Bonchev–Trinajstić information content (AvgIpc) is 3.06. The molecule has 0 fully saturated rings. The first-order valence-corrected chi connectivity index (χ1v) is 14.1. The number of benzene rings is 4. The molecule has 8 aromatic rings. The Morgan fingerprint density at radius 2 is 0.545 bits per heavy atom. The van der Waals surface area contributed by atoms with E-state index in [9.17, 15) is 0 Å². The molecule has 0 atom stereocenters. The number of hydrogen-bond acceptors (Lipinski definition) is 6. The molecule has 0 spiro atoms. The van der Waals surface area contributed by atoms with Gasteiger partial charge in [0.2, 0.25) is 0 Å². The molecule has 224 valence electrons.